The smallest absolute Gasteiger partial charge is 0.245 e. The van der Waals surface area contributed by atoms with Gasteiger partial charge in [0.15, 0.2) is 0 Å². The summed E-state index contributed by atoms with van der Waals surface area (Å²) >= 11 is 0. The van der Waals surface area contributed by atoms with E-state index in [0.717, 1.165) is 5.56 Å². The average molecular weight is 274 g/mol. The van der Waals surface area contributed by atoms with Gasteiger partial charge in [0, 0.05) is 13.3 Å². The summed E-state index contributed by atoms with van der Waals surface area (Å²) in [5.41, 5.74) is 7.31. The van der Waals surface area contributed by atoms with Gasteiger partial charge in [0.25, 0.3) is 0 Å². The molecule has 1 atom stereocenters. The second-order valence-corrected chi connectivity index (χ2v) is 4.36. The quantitative estimate of drug-likeness (QED) is 0.828. The maximum atomic E-state index is 12.0. The summed E-state index contributed by atoms with van der Waals surface area (Å²) in [5, 5.41) is 6.87. The molecule has 0 aliphatic rings. The van der Waals surface area contributed by atoms with Crippen LogP contribution >= 0.6 is 0 Å². The van der Waals surface area contributed by atoms with E-state index in [1.807, 2.05) is 30.3 Å². The second kappa shape index (κ2) is 6.83. The highest BCUT2D eigenvalue weighted by molar-refractivity contribution is 5.95. The lowest BCUT2D eigenvalue weighted by atomic mass is 10.1. The lowest BCUT2D eigenvalue weighted by Crippen LogP contribution is -2.27. The highest BCUT2D eigenvalue weighted by Gasteiger charge is 2.16. The van der Waals surface area contributed by atoms with Crippen LogP contribution in [0.15, 0.2) is 42.7 Å². The third kappa shape index (κ3) is 3.66. The lowest BCUT2D eigenvalue weighted by molar-refractivity contribution is -0.117. The number of carbonyl (C=O) groups is 1. The van der Waals surface area contributed by atoms with E-state index in [0.29, 0.717) is 18.8 Å². The van der Waals surface area contributed by atoms with Crippen molar-refractivity contribution >= 4 is 11.6 Å². The van der Waals surface area contributed by atoms with E-state index in [-0.39, 0.29) is 5.91 Å². The van der Waals surface area contributed by atoms with Crippen molar-refractivity contribution in [3.05, 3.63) is 48.3 Å². The van der Waals surface area contributed by atoms with Crippen LogP contribution in [0.3, 0.4) is 0 Å². The molecule has 3 N–H and O–H groups in total. The minimum Gasteiger partial charge on any atom is -0.383 e. The Morgan fingerprint density at radius 2 is 2.20 bits per heavy atom. The molecule has 0 saturated carbocycles. The Labute approximate surface area is 117 Å². The van der Waals surface area contributed by atoms with Crippen LogP contribution in [0.5, 0.6) is 0 Å². The Kier molecular flexibility index (Phi) is 4.86. The van der Waals surface area contributed by atoms with Crippen LogP contribution in [-0.4, -0.2) is 29.4 Å². The highest BCUT2D eigenvalue weighted by Crippen LogP contribution is 2.13. The maximum absolute atomic E-state index is 12.0. The molecule has 2 rings (SSSR count). The Balaban J connectivity index is 1.95. The van der Waals surface area contributed by atoms with Gasteiger partial charge in [0.1, 0.15) is 6.04 Å². The lowest BCUT2D eigenvalue weighted by Gasteiger charge is -2.11. The van der Waals surface area contributed by atoms with Crippen LogP contribution in [0.4, 0.5) is 5.69 Å². The minimum atomic E-state index is -0.696. The van der Waals surface area contributed by atoms with E-state index in [1.165, 1.54) is 0 Å². The number of rotatable bonds is 6. The van der Waals surface area contributed by atoms with E-state index in [2.05, 4.69) is 10.4 Å². The largest absolute Gasteiger partial charge is 0.383 e. The number of anilines is 1. The normalized spacial score (nSPS) is 12.1. The Hall–Kier alpha value is -2.18. The van der Waals surface area contributed by atoms with Crippen molar-refractivity contribution in [1.82, 2.24) is 9.78 Å². The van der Waals surface area contributed by atoms with Crippen molar-refractivity contribution in [2.75, 3.05) is 19.0 Å². The zero-order valence-corrected chi connectivity index (χ0v) is 11.3. The van der Waals surface area contributed by atoms with E-state index >= 15 is 0 Å². The second-order valence-electron chi connectivity index (χ2n) is 4.36. The van der Waals surface area contributed by atoms with E-state index in [9.17, 15) is 4.79 Å². The molecular formula is C14H18N4O2. The molecule has 1 amide bonds. The van der Waals surface area contributed by atoms with Gasteiger partial charge in [-0.05, 0) is 5.56 Å². The topological polar surface area (TPSA) is 82.2 Å². The zero-order valence-electron chi connectivity index (χ0n) is 11.3. The number of nitrogens with two attached hydrogens (primary N) is 1. The summed E-state index contributed by atoms with van der Waals surface area (Å²) in [4.78, 5) is 12.0. The molecule has 0 saturated heterocycles. The maximum Gasteiger partial charge on any atom is 0.245 e. The molecule has 0 fully saturated rings. The van der Waals surface area contributed by atoms with Crippen molar-refractivity contribution in [2.45, 2.75) is 12.6 Å². The number of methoxy groups -OCH3 is 1. The molecule has 106 valence electrons. The predicted octanol–water partition coefficient (Wildman–Crippen LogP) is 1.17. The summed E-state index contributed by atoms with van der Waals surface area (Å²) in [6, 6.07) is 8.54. The molecule has 0 bridgehead atoms. The first-order valence-electron chi connectivity index (χ1n) is 6.33. The van der Waals surface area contributed by atoms with Crippen LogP contribution in [0, 0.1) is 0 Å². The first kappa shape index (κ1) is 14.2. The van der Waals surface area contributed by atoms with Gasteiger partial charge in [-0.3, -0.25) is 9.48 Å². The Morgan fingerprint density at radius 3 is 2.90 bits per heavy atom. The van der Waals surface area contributed by atoms with Crippen molar-refractivity contribution < 1.29 is 9.53 Å². The molecule has 2 aromatic rings. The number of ether oxygens (including phenoxy) is 1. The van der Waals surface area contributed by atoms with Crippen LogP contribution in [0.25, 0.3) is 0 Å². The van der Waals surface area contributed by atoms with Crippen LogP contribution in [0.1, 0.15) is 11.6 Å². The van der Waals surface area contributed by atoms with Gasteiger partial charge in [-0.25, -0.2) is 0 Å². The van der Waals surface area contributed by atoms with Gasteiger partial charge in [-0.2, -0.15) is 5.10 Å². The average Bonchev–Trinajstić information content (AvgIpc) is 2.92. The van der Waals surface area contributed by atoms with Gasteiger partial charge < -0.3 is 15.8 Å². The van der Waals surface area contributed by atoms with Crippen molar-refractivity contribution in [3.63, 3.8) is 0 Å². The number of hydrogen-bond donors (Lipinski definition) is 2. The van der Waals surface area contributed by atoms with Gasteiger partial charge >= 0.3 is 0 Å². The fraction of sp³-hybridized carbons (Fsp3) is 0.286. The number of hydrogen-bond acceptors (Lipinski definition) is 4. The summed E-state index contributed by atoms with van der Waals surface area (Å²) in [7, 11) is 1.63. The Bertz CT molecular complexity index is 553. The summed E-state index contributed by atoms with van der Waals surface area (Å²) in [6.45, 7) is 1.20. The predicted molar refractivity (Wildman–Crippen MR) is 76.1 cm³/mol. The van der Waals surface area contributed by atoms with Crippen LogP contribution in [0.2, 0.25) is 0 Å². The van der Waals surface area contributed by atoms with E-state index < -0.39 is 6.04 Å². The number of amides is 1. The van der Waals surface area contributed by atoms with Crippen molar-refractivity contribution in [3.8, 4) is 0 Å². The fourth-order valence-corrected chi connectivity index (χ4v) is 1.77. The molecule has 1 unspecified atom stereocenters. The first-order valence-corrected chi connectivity index (χ1v) is 6.33. The van der Waals surface area contributed by atoms with E-state index in [4.69, 9.17) is 10.5 Å². The number of nitrogens with zero attached hydrogens (tertiary/aromatic N) is 2. The Morgan fingerprint density at radius 1 is 1.45 bits per heavy atom. The van der Waals surface area contributed by atoms with Crippen molar-refractivity contribution in [1.29, 1.82) is 0 Å². The number of benzene rings is 1. The standard InChI is InChI=1S/C14H18N4O2/c1-20-8-7-18-10-12(9-16-18)17-14(19)13(15)11-5-3-2-4-6-11/h2-6,9-10,13H,7-8,15H2,1H3,(H,17,19). The van der Waals surface area contributed by atoms with Crippen molar-refractivity contribution in [2.24, 2.45) is 5.73 Å². The molecule has 6 heteroatoms. The monoisotopic (exact) mass is 274 g/mol. The number of carbonyl (C=O) groups excluding carboxylic acids is 1. The molecule has 6 nitrogen and oxygen atoms in total. The molecule has 0 aliphatic heterocycles. The molecule has 0 spiro atoms. The van der Waals surface area contributed by atoms with Gasteiger partial charge in [0.2, 0.25) is 5.91 Å². The minimum absolute atomic E-state index is 0.262. The first-order chi connectivity index (χ1) is 9.70. The molecule has 0 radical (unpaired) electrons. The van der Waals surface area contributed by atoms with Gasteiger partial charge in [0.05, 0.1) is 25.0 Å². The summed E-state index contributed by atoms with van der Waals surface area (Å²) in [6.07, 6.45) is 3.33. The SMILES string of the molecule is COCCn1cc(NC(=O)C(N)c2ccccc2)cn1. The molecule has 1 aromatic carbocycles. The third-order valence-electron chi connectivity index (χ3n) is 2.87. The molecule has 1 aromatic heterocycles. The van der Waals surface area contributed by atoms with Crippen LogP contribution in [-0.2, 0) is 16.1 Å². The zero-order chi connectivity index (χ0) is 14.4. The van der Waals surface area contributed by atoms with Gasteiger partial charge in [-0.1, -0.05) is 30.3 Å². The third-order valence-corrected chi connectivity index (χ3v) is 2.87. The molecular weight excluding hydrogens is 256 g/mol. The molecule has 0 aliphatic carbocycles. The fourth-order valence-electron chi connectivity index (χ4n) is 1.77. The number of aromatic nitrogens is 2. The summed E-state index contributed by atoms with van der Waals surface area (Å²) < 4.78 is 6.67. The highest BCUT2D eigenvalue weighted by atomic mass is 16.5. The number of nitrogens with one attached hydrogen (secondary N) is 1. The van der Waals surface area contributed by atoms with Gasteiger partial charge in [-0.15, -0.1) is 0 Å². The van der Waals surface area contributed by atoms with Crippen LogP contribution < -0.4 is 11.1 Å². The molecule has 20 heavy (non-hydrogen) atoms. The summed E-state index contributed by atoms with van der Waals surface area (Å²) in [5.74, 6) is -0.262. The molecule has 1 heterocycles. The van der Waals surface area contributed by atoms with E-state index in [1.54, 1.807) is 24.2 Å².